The number of pyridine rings is 1. The zero-order chi connectivity index (χ0) is 30.2. The summed E-state index contributed by atoms with van der Waals surface area (Å²) in [6.45, 7) is 2.53. The molecule has 1 heterocycles. The molecule has 3 N–H and O–H groups in total. The van der Waals surface area contributed by atoms with Gasteiger partial charge in [0.15, 0.2) is 11.6 Å². The molecular weight excluding hydrogens is 548 g/mol. The molecule has 0 saturated carbocycles. The third kappa shape index (κ3) is 9.12. The van der Waals surface area contributed by atoms with Crippen LogP contribution in [-0.4, -0.2) is 46.4 Å². The first-order valence-corrected chi connectivity index (χ1v) is 12.2. The Kier molecular flexibility index (Phi) is 9.76. The van der Waals surface area contributed by atoms with Crippen molar-refractivity contribution < 1.29 is 41.5 Å². The van der Waals surface area contributed by atoms with Gasteiger partial charge in [0.05, 0.1) is 12.2 Å². The van der Waals surface area contributed by atoms with Crippen LogP contribution >= 0.6 is 0 Å². The number of rotatable bonds is 11. The van der Waals surface area contributed by atoms with E-state index >= 15 is 0 Å². The summed E-state index contributed by atoms with van der Waals surface area (Å²) in [7, 11) is 0. The standard InChI is InChI=1S/C28H26F4N4O5/c1-27(2,36-24(38)18-11-12-20(29)22(15-18)41-28(30,31)32)26(40)35-21(14-17-8-4-3-5-9-17)23(37)25(39)34-16-19-10-6-7-13-33-19/h3-13,15,21H,14,16H2,1-2H3,(H,34,39)(H,35,40)(H,36,38)/t21-/m1/s1. The number of nitrogens with one attached hydrogen (secondary N) is 3. The van der Waals surface area contributed by atoms with Crippen LogP contribution in [0.3, 0.4) is 0 Å². The lowest BCUT2D eigenvalue weighted by Gasteiger charge is -2.28. The molecule has 3 amide bonds. The van der Waals surface area contributed by atoms with E-state index in [1.165, 1.54) is 20.0 Å². The van der Waals surface area contributed by atoms with Gasteiger partial charge in [-0.1, -0.05) is 36.4 Å². The van der Waals surface area contributed by atoms with Crippen molar-refractivity contribution in [2.75, 3.05) is 0 Å². The van der Waals surface area contributed by atoms with Crippen molar-refractivity contribution in [1.29, 1.82) is 0 Å². The third-order valence-corrected chi connectivity index (χ3v) is 5.70. The van der Waals surface area contributed by atoms with Gasteiger partial charge < -0.3 is 20.7 Å². The Morgan fingerprint density at radius 2 is 1.63 bits per heavy atom. The van der Waals surface area contributed by atoms with Crippen LogP contribution in [0, 0.1) is 5.82 Å². The zero-order valence-corrected chi connectivity index (χ0v) is 21.9. The molecule has 3 aromatic rings. The fraction of sp³-hybridized carbons (Fsp3) is 0.250. The lowest BCUT2D eigenvalue weighted by Crippen LogP contribution is -2.59. The van der Waals surface area contributed by atoms with Gasteiger partial charge in [-0.2, -0.15) is 0 Å². The van der Waals surface area contributed by atoms with Crippen molar-refractivity contribution in [3.63, 3.8) is 0 Å². The molecule has 3 rings (SSSR count). The Morgan fingerprint density at radius 1 is 0.951 bits per heavy atom. The van der Waals surface area contributed by atoms with Crippen LogP contribution in [0.1, 0.15) is 35.5 Å². The van der Waals surface area contributed by atoms with E-state index in [4.69, 9.17) is 0 Å². The number of amides is 3. The van der Waals surface area contributed by atoms with Crippen LogP contribution in [0.2, 0.25) is 0 Å². The van der Waals surface area contributed by atoms with Gasteiger partial charge in [0.1, 0.15) is 11.6 Å². The Balaban J connectivity index is 1.74. The molecule has 0 aliphatic rings. The van der Waals surface area contributed by atoms with Gasteiger partial charge in [0.25, 0.3) is 11.8 Å². The Morgan fingerprint density at radius 3 is 2.27 bits per heavy atom. The van der Waals surface area contributed by atoms with Crippen LogP contribution in [0.15, 0.2) is 72.9 Å². The quantitative estimate of drug-likeness (QED) is 0.239. The van der Waals surface area contributed by atoms with Crippen molar-refractivity contribution >= 4 is 23.5 Å². The molecule has 0 saturated heterocycles. The molecule has 0 fully saturated rings. The molecule has 0 spiro atoms. The lowest BCUT2D eigenvalue weighted by atomic mass is 9.98. The number of Topliss-reactive ketones (excluding diaryl/α,β-unsaturated/α-hetero) is 1. The van der Waals surface area contributed by atoms with Crippen molar-refractivity contribution in [2.45, 2.75) is 44.8 Å². The average Bonchev–Trinajstić information content (AvgIpc) is 2.92. The molecule has 0 radical (unpaired) electrons. The number of carbonyl (C=O) groups excluding carboxylic acids is 4. The monoisotopic (exact) mass is 574 g/mol. The number of hydrogen-bond acceptors (Lipinski definition) is 6. The first-order valence-electron chi connectivity index (χ1n) is 12.2. The van der Waals surface area contributed by atoms with Gasteiger partial charge in [-0.15, -0.1) is 13.2 Å². The number of alkyl halides is 3. The van der Waals surface area contributed by atoms with Gasteiger partial charge in [-0.25, -0.2) is 4.39 Å². The van der Waals surface area contributed by atoms with Gasteiger partial charge in [0.2, 0.25) is 11.7 Å². The molecule has 1 aromatic heterocycles. The molecule has 0 aliphatic heterocycles. The third-order valence-electron chi connectivity index (χ3n) is 5.70. The molecule has 9 nitrogen and oxygen atoms in total. The van der Waals surface area contributed by atoms with Crippen LogP contribution in [-0.2, 0) is 27.3 Å². The molecule has 0 bridgehead atoms. The van der Waals surface area contributed by atoms with Crippen molar-refractivity contribution in [3.8, 4) is 5.75 Å². The van der Waals surface area contributed by atoms with E-state index in [-0.39, 0.29) is 13.0 Å². The zero-order valence-electron chi connectivity index (χ0n) is 21.9. The number of carbonyl (C=O) groups is 4. The minimum Gasteiger partial charge on any atom is -0.403 e. The van der Waals surface area contributed by atoms with Crippen LogP contribution < -0.4 is 20.7 Å². The van der Waals surface area contributed by atoms with E-state index in [2.05, 4.69) is 25.7 Å². The topological polar surface area (TPSA) is 126 Å². The summed E-state index contributed by atoms with van der Waals surface area (Å²) in [4.78, 5) is 55.8. The van der Waals surface area contributed by atoms with Gasteiger partial charge >= 0.3 is 6.36 Å². The van der Waals surface area contributed by atoms with E-state index in [0.29, 0.717) is 23.4 Å². The second-order valence-electron chi connectivity index (χ2n) is 9.36. The van der Waals surface area contributed by atoms with Crippen molar-refractivity contribution in [1.82, 2.24) is 20.9 Å². The van der Waals surface area contributed by atoms with E-state index < -0.39 is 58.6 Å². The molecule has 0 aliphatic carbocycles. The molecule has 41 heavy (non-hydrogen) atoms. The highest BCUT2D eigenvalue weighted by molar-refractivity contribution is 6.38. The fourth-order valence-corrected chi connectivity index (χ4v) is 3.58. The lowest BCUT2D eigenvalue weighted by molar-refractivity contribution is -0.275. The normalized spacial score (nSPS) is 12.1. The highest BCUT2D eigenvalue weighted by Gasteiger charge is 2.36. The fourth-order valence-electron chi connectivity index (χ4n) is 3.58. The Labute approximate surface area is 232 Å². The molecule has 13 heteroatoms. The summed E-state index contributed by atoms with van der Waals surface area (Å²) in [6, 6.07) is 14.3. The second kappa shape index (κ2) is 13.0. The van der Waals surface area contributed by atoms with E-state index in [0.717, 1.165) is 6.07 Å². The number of halogens is 4. The number of aromatic nitrogens is 1. The van der Waals surface area contributed by atoms with Crippen LogP contribution in [0.4, 0.5) is 17.6 Å². The smallest absolute Gasteiger partial charge is 0.403 e. The maximum atomic E-state index is 13.8. The molecule has 0 unspecified atom stereocenters. The number of ether oxygens (including phenoxy) is 1. The highest BCUT2D eigenvalue weighted by Crippen LogP contribution is 2.26. The summed E-state index contributed by atoms with van der Waals surface area (Å²) >= 11 is 0. The van der Waals surface area contributed by atoms with E-state index in [1.807, 2.05) is 0 Å². The van der Waals surface area contributed by atoms with E-state index in [9.17, 15) is 36.7 Å². The summed E-state index contributed by atoms with van der Waals surface area (Å²) in [5, 5.41) is 7.28. The molecule has 2 aromatic carbocycles. The molecule has 216 valence electrons. The number of hydrogen-bond donors (Lipinski definition) is 3. The van der Waals surface area contributed by atoms with Crippen LogP contribution in [0.25, 0.3) is 0 Å². The minimum atomic E-state index is -5.20. The molecule has 1 atom stereocenters. The Bertz CT molecular complexity index is 1400. The van der Waals surface area contributed by atoms with Crippen LogP contribution in [0.5, 0.6) is 5.75 Å². The summed E-state index contributed by atoms with van der Waals surface area (Å²) < 4.78 is 55.0. The first-order chi connectivity index (χ1) is 19.2. The highest BCUT2D eigenvalue weighted by atomic mass is 19.4. The average molecular weight is 575 g/mol. The predicted molar refractivity (Wildman–Crippen MR) is 138 cm³/mol. The van der Waals surface area contributed by atoms with Gasteiger partial charge in [-0.3, -0.25) is 24.2 Å². The first kappa shape index (κ1) is 30.7. The Hall–Kier alpha value is -4.81. The number of nitrogens with zero attached hydrogens (tertiary/aromatic N) is 1. The van der Waals surface area contributed by atoms with E-state index in [1.54, 1.807) is 48.5 Å². The number of ketones is 1. The molecular formula is C28H26F4N4O5. The van der Waals surface area contributed by atoms with Crippen molar-refractivity contribution in [2.24, 2.45) is 0 Å². The van der Waals surface area contributed by atoms with Gasteiger partial charge in [-0.05, 0) is 49.7 Å². The second-order valence-corrected chi connectivity index (χ2v) is 9.36. The largest absolute Gasteiger partial charge is 0.573 e. The predicted octanol–water partition coefficient (Wildman–Crippen LogP) is 3.24. The SMILES string of the molecule is CC(C)(NC(=O)c1ccc(F)c(OC(F)(F)F)c1)C(=O)N[C@H](Cc1ccccc1)C(=O)C(=O)NCc1ccccn1. The summed E-state index contributed by atoms with van der Waals surface area (Å²) in [5.41, 5.74) is -1.01. The van der Waals surface area contributed by atoms with Gasteiger partial charge in [0, 0.05) is 18.2 Å². The van der Waals surface area contributed by atoms with Crippen molar-refractivity contribution in [3.05, 3.63) is 95.6 Å². The maximum Gasteiger partial charge on any atom is 0.573 e. The maximum absolute atomic E-state index is 13.8. The number of benzene rings is 2. The minimum absolute atomic E-state index is 0.0311. The summed E-state index contributed by atoms with van der Waals surface area (Å²) in [5.74, 6) is -6.38. The summed E-state index contributed by atoms with van der Waals surface area (Å²) in [6.07, 6.45) is -3.73.